The first-order valence-corrected chi connectivity index (χ1v) is 10.6. The largest absolute Gasteiger partial charge is 0.376 e. The molecule has 0 spiro atoms. The van der Waals surface area contributed by atoms with Crippen molar-refractivity contribution in [1.29, 1.82) is 0 Å². The number of nitrogens with one attached hydrogen (secondary N) is 1. The Morgan fingerprint density at radius 3 is 2.74 bits per heavy atom. The summed E-state index contributed by atoms with van der Waals surface area (Å²) in [6.45, 7) is 1.07. The highest BCUT2D eigenvalue weighted by atomic mass is 32.2. The molecule has 0 bridgehead atoms. The van der Waals surface area contributed by atoms with E-state index in [-0.39, 0.29) is 22.5 Å². The Bertz CT molecular complexity index is 989. The second-order valence-corrected chi connectivity index (χ2v) is 8.89. The second-order valence-electron chi connectivity index (χ2n) is 7.18. The molecular formula is C17H23N5O4S. The summed E-state index contributed by atoms with van der Waals surface area (Å²) in [7, 11) is -1.89. The van der Waals surface area contributed by atoms with Gasteiger partial charge in [-0.3, -0.25) is 9.48 Å². The number of sulfonamides is 1. The Balaban J connectivity index is 1.43. The molecule has 0 radical (unpaired) electrons. The van der Waals surface area contributed by atoms with Crippen LogP contribution < -0.4 is 10.3 Å². The number of ether oxygens (including phenoxy) is 1. The zero-order valence-electron chi connectivity index (χ0n) is 15.2. The molecule has 0 unspecified atom stereocenters. The molecule has 9 nitrogen and oxygen atoms in total. The van der Waals surface area contributed by atoms with Gasteiger partial charge in [-0.15, -0.1) is 0 Å². The van der Waals surface area contributed by atoms with Crippen LogP contribution in [0.3, 0.4) is 0 Å². The third kappa shape index (κ3) is 3.83. The lowest BCUT2D eigenvalue weighted by Gasteiger charge is -2.30. The third-order valence-corrected chi connectivity index (χ3v) is 6.69. The molecule has 146 valence electrons. The summed E-state index contributed by atoms with van der Waals surface area (Å²) >= 11 is 0. The van der Waals surface area contributed by atoms with Crippen molar-refractivity contribution in [2.24, 2.45) is 7.05 Å². The molecule has 10 heteroatoms. The maximum atomic E-state index is 12.4. The van der Waals surface area contributed by atoms with Gasteiger partial charge in [-0.05, 0) is 25.7 Å². The maximum Gasteiger partial charge on any atom is 0.267 e. The van der Waals surface area contributed by atoms with Crippen LogP contribution >= 0.6 is 0 Å². The van der Waals surface area contributed by atoms with Crippen molar-refractivity contribution in [3.05, 3.63) is 40.1 Å². The van der Waals surface area contributed by atoms with Crippen LogP contribution in [-0.4, -0.2) is 40.6 Å². The Morgan fingerprint density at radius 2 is 2.04 bits per heavy atom. The van der Waals surface area contributed by atoms with E-state index >= 15 is 0 Å². The van der Waals surface area contributed by atoms with Gasteiger partial charge in [-0.2, -0.15) is 10.2 Å². The molecule has 2 aliphatic rings. The van der Waals surface area contributed by atoms with E-state index in [1.165, 1.54) is 17.1 Å². The SMILES string of the molecule is Cn1cc(S(=O)(=O)NC2CCC(n3nc4c(cc3=O)COCC4)CC2)cn1. The molecule has 0 aromatic carbocycles. The van der Waals surface area contributed by atoms with Crippen LogP contribution in [0.25, 0.3) is 0 Å². The van der Waals surface area contributed by atoms with Gasteiger partial charge in [-0.25, -0.2) is 17.8 Å². The van der Waals surface area contributed by atoms with Crippen molar-refractivity contribution < 1.29 is 13.2 Å². The highest BCUT2D eigenvalue weighted by molar-refractivity contribution is 7.89. The lowest BCUT2D eigenvalue weighted by atomic mass is 9.92. The van der Waals surface area contributed by atoms with E-state index in [2.05, 4.69) is 14.9 Å². The Hall–Kier alpha value is -2.04. The Labute approximate surface area is 157 Å². The summed E-state index contributed by atoms with van der Waals surface area (Å²) in [5.74, 6) is 0. The summed E-state index contributed by atoms with van der Waals surface area (Å²) in [5, 5.41) is 8.48. The predicted octanol–water partition coefficient (Wildman–Crippen LogP) is 0.512. The molecule has 0 atom stereocenters. The van der Waals surface area contributed by atoms with E-state index in [1.807, 2.05) is 0 Å². The number of hydrogen-bond acceptors (Lipinski definition) is 6. The number of hydrogen-bond donors (Lipinski definition) is 1. The molecule has 1 aliphatic carbocycles. The van der Waals surface area contributed by atoms with Gasteiger partial charge in [0.1, 0.15) is 4.90 Å². The van der Waals surface area contributed by atoms with Crippen LogP contribution in [0.1, 0.15) is 43.0 Å². The molecule has 1 N–H and O–H groups in total. The quantitative estimate of drug-likeness (QED) is 0.811. The molecule has 0 saturated heterocycles. The molecule has 3 heterocycles. The fourth-order valence-corrected chi connectivity index (χ4v) is 5.04. The Kier molecular flexibility index (Phi) is 4.87. The van der Waals surface area contributed by atoms with Crippen LogP contribution in [0.5, 0.6) is 0 Å². The molecule has 2 aromatic heterocycles. The maximum absolute atomic E-state index is 12.4. The summed E-state index contributed by atoms with van der Waals surface area (Å²) in [6, 6.07) is 1.48. The van der Waals surface area contributed by atoms with E-state index in [1.54, 1.807) is 17.8 Å². The smallest absolute Gasteiger partial charge is 0.267 e. The van der Waals surface area contributed by atoms with E-state index in [4.69, 9.17) is 4.74 Å². The zero-order valence-corrected chi connectivity index (χ0v) is 16.0. The van der Waals surface area contributed by atoms with Gasteiger partial charge in [0.05, 0.1) is 31.1 Å². The zero-order chi connectivity index (χ0) is 19.0. The van der Waals surface area contributed by atoms with Gasteiger partial charge in [0.25, 0.3) is 5.56 Å². The van der Waals surface area contributed by atoms with Gasteiger partial charge in [0.15, 0.2) is 0 Å². The molecule has 27 heavy (non-hydrogen) atoms. The van der Waals surface area contributed by atoms with Gasteiger partial charge >= 0.3 is 0 Å². The molecule has 1 aliphatic heterocycles. The van der Waals surface area contributed by atoms with E-state index < -0.39 is 10.0 Å². The van der Waals surface area contributed by atoms with E-state index in [0.29, 0.717) is 38.9 Å². The van der Waals surface area contributed by atoms with Crippen LogP contribution in [-0.2, 0) is 34.8 Å². The highest BCUT2D eigenvalue weighted by Gasteiger charge is 2.28. The van der Waals surface area contributed by atoms with Gasteiger partial charge < -0.3 is 4.74 Å². The van der Waals surface area contributed by atoms with Crippen molar-refractivity contribution in [2.75, 3.05) is 6.61 Å². The van der Waals surface area contributed by atoms with E-state index in [9.17, 15) is 13.2 Å². The molecule has 1 fully saturated rings. The minimum atomic E-state index is -3.57. The van der Waals surface area contributed by atoms with Gasteiger partial charge in [0, 0.05) is 37.3 Å². The molecular weight excluding hydrogens is 370 g/mol. The topological polar surface area (TPSA) is 108 Å². The normalized spacial score (nSPS) is 23.1. The number of fused-ring (bicyclic) bond motifs is 1. The third-order valence-electron chi connectivity index (χ3n) is 5.22. The van der Waals surface area contributed by atoms with Crippen LogP contribution in [0, 0.1) is 0 Å². The van der Waals surface area contributed by atoms with Crippen molar-refractivity contribution in [3.8, 4) is 0 Å². The highest BCUT2D eigenvalue weighted by Crippen LogP contribution is 2.28. The van der Waals surface area contributed by atoms with Crippen molar-refractivity contribution in [2.45, 2.75) is 55.7 Å². The summed E-state index contributed by atoms with van der Waals surface area (Å²) in [6.07, 6.45) is 6.29. The monoisotopic (exact) mass is 393 g/mol. The minimum Gasteiger partial charge on any atom is -0.376 e. The molecule has 4 rings (SSSR count). The number of rotatable bonds is 4. The van der Waals surface area contributed by atoms with Crippen molar-refractivity contribution >= 4 is 10.0 Å². The van der Waals surface area contributed by atoms with Crippen LogP contribution in [0.4, 0.5) is 0 Å². The number of aromatic nitrogens is 4. The fourth-order valence-electron chi connectivity index (χ4n) is 3.75. The molecule has 1 saturated carbocycles. The fraction of sp³-hybridized carbons (Fsp3) is 0.588. The average molecular weight is 393 g/mol. The summed E-state index contributed by atoms with van der Waals surface area (Å²) < 4.78 is 36.0. The first kappa shape index (κ1) is 18.3. The first-order valence-electron chi connectivity index (χ1n) is 9.13. The van der Waals surface area contributed by atoms with Crippen molar-refractivity contribution in [1.82, 2.24) is 24.3 Å². The van der Waals surface area contributed by atoms with E-state index in [0.717, 1.165) is 17.7 Å². The predicted molar refractivity (Wildman–Crippen MR) is 96.7 cm³/mol. The standard InChI is InChI=1S/C17H23N5O4S/c1-21-10-15(9-18-21)27(24,25)20-13-2-4-14(5-3-13)22-17(23)8-12-11-26-7-6-16(12)19-22/h8-10,13-14,20H,2-7,11H2,1H3. The minimum absolute atomic E-state index is 0.00444. The Morgan fingerprint density at radius 1 is 1.26 bits per heavy atom. The van der Waals surface area contributed by atoms with Crippen molar-refractivity contribution in [3.63, 3.8) is 0 Å². The molecule has 0 amide bonds. The van der Waals surface area contributed by atoms with Crippen LogP contribution in [0.15, 0.2) is 28.2 Å². The second kappa shape index (κ2) is 7.17. The summed E-state index contributed by atoms with van der Waals surface area (Å²) in [4.78, 5) is 12.6. The molecule has 2 aromatic rings. The van der Waals surface area contributed by atoms with Crippen LogP contribution in [0.2, 0.25) is 0 Å². The first-order chi connectivity index (χ1) is 12.9. The lowest BCUT2D eigenvalue weighted by molar-refractivity contribution is 0.107. The summed E-state index contributed by atoms with van der Waals surface area (Å²) in [5.41, 5.74) is 1.69. The number of nitrogens with zero attached hydrogens (tertiary/aromatic N) is 4. The lowest BCUT2D eigenvalue weighted by Crippen LogP contribution is -2.40. The van der Waals surface area contributed by atoms with Gasteiger partial charge in [0.2, 0.25) is 10.0 Å². The van der Waals surface area contributed by atoms with Gasteiger partial charge in [-0.1, -0.05) is 0 Å². The number of aryl methyl sites for hydroxylation is 1. The average Bonchev–Trinajstić information content (AvgIpc) is 3.09.